The number of ether oxygens (including phenoxy) is 1. The summed E-state index contributed by atoms with van der Waals surface area (Å²) in [5.74, 6) is 1.05. The predicted octanol–water partition coefficient (Wildman–Crippen LogP) is 1.70. The van der Waals surface area contributed by atoms with E-state index in [1.165, 1.54) is 38.5 Å². The summed E-state index contributed by atoms with van der Waals surface area (Å²) in [5.41, 5.74) is 0.545. The van der Waals surface area contributed by atoms with E-state index in [0.717, 1.165) is 19.1 Å². The van der Waals surface area contributed by atoms with Crippen molar-refractivity contribution in [3.8, 4) is 0 Å². The van der Waals surface area contributed by atoms with Crippen LogP contribution in [-0.2, 0) is 4.74 Å². The third-order valence-corrected chi connectivity index (χ3v) is 4.18. The quantitative estimate of drug-likeness (QED) is 0.700. The molecule has 3 fully saturated rings. The van der Waals surface area contributed by atoms with E-state index in [1.807, 2.05) is 0 Å². The third-order valence-electron chi connectivity index (χ3n) is 4.18. The number of rotatable bonds is 2. The van der Waals surface area contributed by atoms with Gasteiger partial charge < -0.3 is 10.1 Å². The molecule has 0 aromatic heterocycles. The van der Waals surface area contributed by atoms with E-state index in [1.54, 1.807) is 0 Å². The summed E-state index contributed by atoms with van der Waals surface area (Å²) in [7, 11) is 0. The average Bonchev–Trinajstić information content (AvgIpc) is 2.79. The van der Waals surface area contributed by atoms with E-state index >= 15 is 0 Å². The summed E-state index contributed by atoms with van der Waals surface area (Å²) in [6.07, 6.45) is 8.47. The van der Waals surface area contributed by atoms with Crippen molar-refractivity contribution in [2.75, 3.05) is 13.2 Å². The van der Waals surface area contributed by atoms with Crippen LogP contribution in [-0.4, -0.2) is 24.8 Å². The molecule has 3 aliphatic rings. The van der Waals surface area contributed by atoms with Crippen LogP contribution >= 0.6 is 0 Å². The molecule has 13 heavy (non-hydrogen) atoms. The maximum absolute atomic E-state index is 5.41. The lowest BCUT2D eigenvalue weighted by molar-refractivity contribution is 0.180. The Labute approximate surface area is 80.0 Å². The Bertz CT molecular complexity index is 190. The Hall–Kier alpha value is -0.0800. The van der Waals surface area contributed by atoms with Gasteiger partial charge in [-0.15, -0.1) is 0 Å². The van der Waals surface area contributed by atoms with Crippen LogP contribution in [0.5, 0.6) is 0 Å². The molecule has 0 spiro atoms. The molecular weight excluding hydrogens is 162 g/mol. The van der Waals surface area contributed by atoms with Crippen LogP contribution in [0, 0.1) is 5.92 Å². The van der Waals surface area contributed by atoms with Gasteiger partial charge in [-0.05, 0) is 44.4 Å². The minimum atomic E-state index is 0.545. The van der Waals surface area contributed by atoms with Crippen molar-refractivity contribution in [1.29, 1.82) is 0 Å². The second kappa shape index (κ2) is 2.96. The van der Waals surface area contributed by atoms with E-state index < -0.39 is 0 Å². The highest BCUT2D eigenvalue weighted by Crippen LogP contribution is 2.47. The van der Waals surface area contributed by atoms with Crippen LogP contribution in [0.15, 0.2) is 0 Å². The summed E-state index contributed by atoms with van der Waals surface area (Å²) >= 11 is 0. The summed E-state index contributed by atoms with van der Waals surface area (Å²) < 4.78 is 5.41. The van der Waals surface area contributed by atoms with Gasteiger partial charge in [0.25, 0.3) is 0 Å². The summed E-state index contributed by atoms with van der Waals surface area (Å²) in [6.45, 7) is 1.92. The lowest BCUT2D eigenvalue weighted by Gasteiger charge is -2.31. The molecule has 2 nitrogen and oxygen atoms in total. The van der Waals surface area contributed by atoms with Gasteiger partial charge in [-0.25, -0.2) is 0 Å². The highest BCUT2D eigenvalue weighted by Gasteiger charge is 2.45. The van der Waals surface area contributed by atoms with Gasteiger partial charge >= 0.3 is 0 Å². The summed E-state index contributed by atoms with van der Waals surface area (Å²) in [6, 6.07) is 0.664. The van der Waals surface area contributed by atoms with E-state index in [2.05, 4.69) is 5.32 Å². The van der Waals surface area contributed by atoms with Crippen molar-refractivity contribution in [1.82, 2.24) is 5.32 Å². The lowest BCUT2D eigenvalue weighted by atomic mass is 9.93. The molecule has 0 amide bonds. The first-order valence-corrected chi connectivity index (χ1v) is 5.72. The van der Waals surface area contributed by atoms with E-state index in [4.69, 9.17) is 4.74 Å². The summed E-state index contributed by atoms with van der Waals surface area (Å²) in [4.78, 5) is 0. The number of hydrogen-bond acceptors (Lipinski definition) is 2. The molecule has 3 rings (SSSR count). The molecule has 1 atom stereocenters. The molecule has 2 bridgehead atoms. The first kappa shape index (κ1) is 8.25. The fourth-order valence-corrected chi connectivity index (χ4v) is 3.48. The zero-order chi connectivity index (χ0) is 8.73. The molecule has 2 saturated carbocycles. The topological polar surface area (TPSA) is 21.3 Å². The van der Waals surface area contributed by atoms with E-state index in [-0.39, 0.29) is 0 Å². The molecule has 2 heteroatoms. The maximum atomic E-state index is 5.41. The normalized spacial score (nSPS) is 48.9. The van der Waals surface area contributed by atoms with Gasteiger partial charge in [0.15, 0.2) is 0 Å². The molecule has 1 heterocycles. The zero-order valence-corrected chi connectivity index (χ0v) is 8.22. The van der Waals surface area contributed by atoms with Crippen LogP contribution in [0.1, 0.15) is 38.5 Å². The number of nitrogens with one attached hydrogen (secondary N) is 1. The standard InChI is InChI=1S/C11H19NO/c1-4-11(5-2-9(1)7-11)12-10-3-6-13-8-10/h9-10,12H,1-8H2. The molecule has 0 radical (unpaired) electrons. The molecule has 2 aliphatic carbocycles. The van der Waals surface area contributed by atoms with Crippen LogP contribution in [0.4, 0.5) is 0 Å². The van der Waals surface area contributed by atoms with Gasteiger partial charge in [-0.2, -0.15) is 0 Å². The lowest BCUT2D eigenvalue weighted by Crippen LogP contribution is -2.47. The van der Waals surface area contributed by atoms with Gasteiger partial charge in [0.1, 0.15) is 0 Å². The second-order valence-corrected chi connectivity index (χ2v) is 5.13. The van der Waals surface area contributed by atoms with Crippen LogP contribution in [0.2, 0.25) is 0 Å². The minimum Gasteiger partial charge on any atom is -0.380 e. The summed E-state index contributed by atoms with van der Waals surface area (Å²) in [5, 5.41) is 3.86. The average molecular weight is 181 g/mol. The van der Waals surface area contributed by atoms with E-state index in [0.29, 0.717) is 11.6 Å². The molecule has 1 N–H and O–H groups in total. The molecule has 1 saturated heterocycles. The molecule has 1 unspecified atom stereocenters. The van der Waals surface area contributed by atoms with Crippen LogP contribution in [0.3, 0.4) is 0 Å². The monoisotopic (exact) mass is 181 g/mol. The Morgan fingerprint density at radius 2 is 2.00 bits per heavy atom. The zero-order valence-electron chi connectivity index (χ0n) is 8.22. The smallest absolute Gasteiger partial charge is 0.0620 e. The fourth-order valence-electron chi connectivity index (χ4n) is 3.48. The van der Waals surface area contributed by atoms with E-state index in [9.17, 15) is 0 Å². The highest BCUT2D eigenvalue weighted by atomic mass is 16.5. The minimum absolute atomic E-state index is 0.545. The third kappa shape index (κ3) is 1.40. The van der Waals surface area contributed by atoms with Gasteiger partial charge in [-0.3, -0.25) is 0 Å². The Morgan fingerprint density at radius 3 is 2.54 bits per heavy atom. The largest absolute Gasteiger partial charge is 0.380 e. The van der Waals surface area contributed by atoms with Crippen molar-refractivity contribution >= 4 is 0 Å². The first-order chi connectivity index (χ1) is 6.36. The fraction of sp³-hybridized carbons (Fsp3) is 1.00. The van der Waals surface area contributed by atoms with Gasteiger partial charge in [-0.1, -0.05) is 0 Å². The molecule has 0 aromatic rings. The number of fused-ring (bicyclic) bond motifs is 2. The molecule has 0 aromatic carbocycles. The highest BCUT2D eigenvalue weighted by molar-refractivity contribution is 5.03. The van der Waals surface area contributed by atoms with Gasteiger partial charge in [0, 0.05) is 18.2 Å². The van der Waals surface area contributed by atoms with Gasteiger partial charge in [0.2, 0.25) is 0 Å². The Kier molecular flexibility index (Phi) is 1.88. The van der Waals surface area contributed by atoms with Crippen LogP contribution < -0.4 is 5.32 Å². The predicted molar refractivity (Wildman–Crippen MR) is 51.7 cm³/mol. The van der Waals surface area contributed by atoms with Crippen molar-refractivity contribution in [3.63, 3.8) is 0 Å². The molecule has 74 valence electrons. The Balaban J connectivity index is 1.64. The Morgan fingerprint density at radius 1 is 1.15 bits per heavy atom. The van der Waals surface area contributed by atoms with Crippen molar-refractivity contribution in [2.24, 2.45) is 5.92 Å². The number of hydrogen-bond donors (Lipinski definition) is 1. The first-order valence-electron chi connectivity index (χ1n) is 5.72. The van der Waals surface area contributed by atoms with Crippen molar-refractivity contribution in [2.45, 2.75) is 50.1 Å². The van der Waals surface area contributed by atoms with Gasteiger partial charge in [0.05, 0.1) is 6.61 Å². The molecule has 1 aliphatic heterocycles. The van der Waals surface area contributed by atoms with Crippen LogP contribution in [0.25, 0.3) is 0 Å². The second-order valence-electron chi connectivity index (χ2n) is 5.13. The maximum Gasteiger partial charge on any atom is 0.0620 e. The van der Waals surface area contributed by atoms with Crippen molar-refractivity contribution < 1.29 is 4.74 Å². The van der Waals surface area contributed by atoms with Crippen molar-refractivity contribution in [3.05, 3.63) is 0 Å². The SMILES string of the molecule is C1CC(NC23CCC(CC2)C3)CO1. The molecular formula is C11H19NO.